The van der Waals surface area contributed by atoms with Gasteiger partial charge in [-0.3, -0.25) is 0 Å². The van der Waals surface area contributed by atoms with Gasteiger partial charge in [0.15, 0.2) is 0 Å². The summed E-state index contributed by atoms with van der Waals surface area (Å²) in [6.45, 7) is 6.43. The molecule has 0 saturated heterocycles. The summed E-state index contributed by atoms with van der Waals surface area (Å²) in [5, 5.41) is 1.22. The van der Waals surface area contributed by atoms with E-state index < -0.39 is 0 Å². The second-order valence-electron chi connectivity index (χ2n) is 1.40. The maximum atomic E-state index is 5.17. The number of hydrogen-bond acceptors (Lipinski definition) is 1. The molecule has 0 rings (SSSR count). The van der Waals surface area contributed by atoms with Crippen molar-refractivity contribution in [2.45, 2.75) is 18.7 Å². The predicted molar refractivity (Wildman–Crippen MR) is 37.0 cm³/mol. The Hall–Kier alpha value is 0.219. The molecule has 0 aliphatic rings. The topological polar surface area (TPSA) is 9.23 Å². The molecule has 0 saturated carbocycles. The second-order valence-corrected chi connectivity index (χ2v) is 3.24. The molecule has 0 N–H and O–H groups in total. The Balaban J connectivity index is 2.62. The van der Waals surface area contributed by atoms with Crippen LogP contribution >= 0.6 is 0 Å². The molecule has 0 bridgehead atoms. The zero-order chi connectivity index (χ0) is 6.24. The van der Waals surface area contributed by atoms with Crippen molar-refractivity contribution in [1.82, 2.24) is 0 Å². The summed E-state index contributed by atoms with van der Waals surface area (Å²) in [6, 6.07) is 0. The first-order valence-corrected chi connectivity index (χ1v) is 4.68. The monoisotopic (exact) mass is 180 g/mol. The third-order valence-electron chi connectivity index (χ3n) is 0.557. The number of hydrogen-bond donors (Lipinski definition) is 0. The van der Waals surface area contributed by atoms with Gasteiger partial charge in [0.25, 0.3) is 0 Å². The van der Waals surface area contributed by atoms with Crippen LogP contribution in [0.25, 0.3) is 0 Å². The average molecular weight is 179 g/mol. The Morgan fingerprint density at radius 1 is 1.75 bits per heavy atom. The van der Waals surface area contributed by atoms with Gasteiger partial charge in [-0.25, -0.2) is 0 Å². The molecule has 0 fully saturated rings. The third kappa shape index (κ3) is 6.22. The Kier molecular flexibility index (Phi) is 7.42. The van der Waals surface area contributed by atoms with Crippen LogP contribution in [0.1, 0.15) is 13.3 Å². The Morgan fingerprint density at radius 2 is 2.50 bits per heavy atom. The van der Waals surface area contributed by atoms with E-state index in [1.54, 1.807) is 6.08 Å². The van der Waals surface area contributed by atoms with Crippen LogP contribution in [0, 0.1) is 0 Å². The zero-order valence-corrected chi connectivity index (χ0v) is 6.94. The molecule has 0 aromatic heterocycles. The van der Waals surface area contributed by atoms with Crippen LogP contribution in [-0.4, -0.2) is 21.9 Å². The normalized spacial score (nSPS) is 9.12. The summed E-state index contributed by atoms with van der Waals surface area (Å²) >= 11 is 0.406. The van der Waals surface area contributed by atoms with Gasteiger partial charge in [-0.2, -0.15) is 0 Å². The standard InChI is InChI=1S/C6H12OSe/c1-3-5-7-8-6-4-2/h3H,1,4-6H2,2H3. The third-order valence-corrected chi connectivity index (χ3v) is 2.40. The Labute approximate surface area is 57.6 Å². The summed E-state index contributed by atoms with van der Waals surface area (Å²) in [4.78, 5) is 0. The summed E-state index contributed by atoms with van der Waals surface area (Å²) < 4.78 is 5.17. The fraction of sp³-hybridized carbons (Fsp3) is 0.667. The van der Waals surface area contributed by atoms with Crippen molar-refractivity contribution in [3.63, 3.8) is 0 Å². The summed E-state index contributed by atoms with van der Waals surface area (Å²) in [7, 11) is 0. The fourth-order valence-electron chi connectivity index (χ4n) is 0.238. The van der Waals surface area contributed by atoms with Crippen LogP contribution in [-0.2, 0) is 3.82 Å². The summed E-state index contributed by atoms with van der Waals surface area (Å²) in [5.74, 6) is 0. The molecule has 0 unspecified atom stereocenters. The van der Waals surface area contributed by atoms with Gasteiger partial charge < -0.3 is 0 Å². The van der Waals surface area contributed by atoms with Gasteiger partial charge in [-0.15, -0.1) is 0 Å². The van der Waals surface area contributed by atoms with Crippen LogP contribution < -0.4 is 0 Å². The summed E-state index contributed by atoms with van der Waals surface area (Å²) in [5.41, 5.74) is 0. The molecule has 0 spiro atoms. The molecule has 0 heterocycles. The van der Waals surface area contributed by atoms with E-state index in [4.69, 9.17) is 3.82 Å². The molecule has 0 aromatic carbocycles. The van der Waals surface area contributed by atoms with Gasteiger partial charge in [-0.05, 0) is 0 Å². The fourth-order valence-corrected chi connectivity index (χ4v) is 1.24. The first-order valence-electron chi connectivity index (χ1n) is 2.77. The Morgan fingerprint density at radius 3 is 3.00 bits per heavy atom. The van der Waals surface area contributed by atoms with E-state index in [1.165, 1.54) is 11.7 Å². The molecule has 1 nitrogen and oxygen atoms in total. The van der Waals surface area contributed by atoms with Crippen LogP contribution in [0.3, 0.4) is 0 Å². The molecule has 2 heteroatoms. The van der Waals surface area contributed by atoms with Gasteiger partial charge >= 0.3 is 57.0 Å². The molecule has 0 aliphatic carbocycles. The van der Waals surface area contributed by atoms with Crippen molar-refractivity contribution in [3.8, 4) is 0 Å². The van der Waals surface area contributed by atoms with Crippen molar-refractivity contribution in [3.05, 3.63) is 12.7 Å². The van der Waals surface area contributed by atoms with Crippen molar-refractivity contribution in [2.24, 2.45) is 0 Å². The van der Waals surface area contributed by atoms with Crippen molar-refractivity contribution in [1.29, 1.82) is 0 Å². The molecule has 0 atom stereocenters. The first kappa shape index (κ1) is 8.22. The van der Waals surface area contributed by atoms with E-state index in [-0.39, 0.29) is 0 Å². The molecule has 0 radical (unpaired) electrons. The zero-order valence-electron chi connectivity index (χ0n) is 5.22. The van der Waals surface area contributed by atoms with Gasteiger partial charge in [0, 0.05) is 0 Å². The molecule has 0 aliphatic heterocycles. The molecule has 0 amide bonds. The minimum atomic E-state index is 0.406. The average Bonchev–Trinajstić information content (AvgIpc) is 1.81. The molecule has 48 valence electrons. The van der Waals surface area contributed by atoms with Crippen LogP contribution in [0.15, 0.2) is 12.7 Å². The van der Waals surface area contributed by atoms with E-state index in [0.717, 1.165) is 6.61 Å². The van der Waals surface area contributed by atoms with Crippen LogP contribution in [0.5, 0.6) is 0 Å². The van der Waals surface area contributed by atoms with Crippen LogP contribution in [0.2, 0.25) is 5.32 Å². The van der Waals surface area contributed by atoms with Gasteiger partial charge in [0.2, 0.25) is 0 Å². The van der Waals surface area contributed by atoms with Gasteiger partial charge in [0.1, 0.15) is 0 Å². The van der Waals surface area contributed by atoms with Crippen molar-refractivity contribution < 1.29 is 3.82 Å². The quantitative estimate of drug-likeness (QED) is 0.354. The van der Waals surface area contributed by atoms with Gasteiger partial charge in [-0.1, -0.05) is 0 Å². The van der Waals surface area contributed by atoms with E-state index in [1.807, 2.05) is 0 Å². The van der Waals surface area contributed by atoms with E-state index in [2.05, 4.69) is 13.5 Å². The van der Waals surface area contributed by atoms with Crippen LogP contribution in [0.4, 0.5) is 0 Å². The minimum absolute atomic E-state index is 0.406. The van der Waals surface area contributed by atoms with E-state index in [9.17, 15) is 0 Å². The molecule has 8 heavy (non-hydrogen) atoms. The van der Waals surface area contributed by atoms with Gasteiger partial charge in [0.05, 0.1) is 0 Å². The summed E-state index contributed by atoms with van der Waals surface area (Å²) in [6.07, 6.45) is 3.02. The SMILES string of the molecule is C=CCO[Se]CCC. The molecular formula is C6H12OSe. The predicted octanol–water partition coefficient (Wildman–Crippen LogP) is 1.64. The van der Waals surface area contributed by atoms with Crippen molar-refractivity contribution in [2.75, 3.05) is 6.61 Å². The second kappa shape index (κ2) is 7.22. The van der Waals surface area contributed by atoms with E-state index in [0.29, 0.717) is 15.3 Å². The number of rotatable bonds is 5. The molecular weight excluding hydrogens is 167 g/mol. The van der Waals surface area contributed by atoms with Crippen molar-refractivity contribution >= 4 is 15.3 Å². The Bertz CT molecular complexity index is 54.5. The van der Waals surface area contributed by atoms with E-state index >= 15 is 0 Å². The maximum absolute atomic E-state index is 5.17. The molecule has 0 aromatic rings. The first-order chi connectivity index (χ1) is 3.91.